The highest BCUT2D eigenvalue weighted by atomic mass is 14.1. The average Bonchev–Trinajstić information content (AvgIpc) is 2.29. The number of hydrogen-bond donors (Lipinski definition) is 0. The van der Waals surface area contributed by atoms with Crippen LogP contribution in [0.3, 0.4) is 0 Å². The van der Waals surface area contributed by atoms with Gasteiger partial charge in [0, 0.05) is 0 Å². The van der Waals surface area contributed by atoms with Crippen LogP contribution in [0.4, 0.5) is 0 Å². The molecule has 0 fully saturated rings. The molecule has 0 aromatic heterocycles. The van der Waals surface area contributed by atoms with Gasteiger partial charge in [0.25, 0.3) is 0 Å². The maximum Gasteiger partial charge on any atom is -0.0127 e. The predicted molar refractivity (Wildman–Crippen MR) is 72.7 cm³/mol. The normalized spacial score (nSPS) is 12.7. The molecule has 0 N–H and O–H groups in total. The van der Waals surface area contributed by atoms with E-state index in [1.807, 2.05) is 6.08 Å². The summed E-state index contributed by atoms with van der Waals surface area (Å²) in [7, 11) is 0. The molecule has 0 saturated carbocycles. The maximum atomic E-state index is 3.87. The molecule has 0 nitrogen and oxygen atoms in total. The molecule has 0 aliphatic carbocycles. The third kappa shape index (κ3) is 4.65. The van der Waals surface area contributed by atoms with Crippen molar-refractivity contribution in [1.29, 1.82) is 0 Å². The predicted octanol–water partition coefficient (Wildman–Crippen LogP) is 5.17. The lowest BCUT2D eigenvalue weighted by atomic mass is 9.89. The van der Waals surface area contributed by atoms with Crippen molar-refractivity contribution in [3.05, 3.63) is 48.6 Å². The van der Waals surface area contributed by atoms with Crippen molar-refractivity contribution >= 4 is 0 Å². The molecule has 1 aromatic rings. The Morgan fingerprint density at radius 1 is 1.12 bits per heavy atom. The van der Waals surface area contributed by atoms with E-state index in [4.69, 9.17) is 0 Å². The number of rotatable bonds is 7. The molecule has 0 spiro atoms. The standard InChI is InChI=1S/C16H24/c1-4-9-15(13-8-10-14(2)3)16-11-6-5-7-12-16/h4-7,11-12,14-15H,1,8-10,13H2,2-3H3. The Balaban J connectivity index is 2.51. The van der Waals surface area contributed by atoms with Gasteiger partial charge < -0.3 is 0 Å². The monoisotopic (exact) mass is 216 g/mol. The molecular formula is C16H24. The number of benzene rings is 1. The van der Waals surface area contributed by atoms with E-state index in [0.717, 1.165) is 12.3 Å². The van der Waals surface area contributed by atoms with Crippen molar-refractivity contribution in [2.75, 3.05) is 0 Å². The summed E-state index contributed by atoms with van der Waals surface area (Å²) in [6, 6.07) is 10.8. The fraction of sp³-hybridized carbons (Fsp3) is 0.500. The molecule has 16 heavy (non-hydrogen) atoms. The van der Waals surface area contributed by atoms with Crippen LogP contribution in [0, 0.1) is 5.92 Å². The fourth-order valence-electron chi connectivity index (χ4n) is 2.12. The maximum absolute atomic E-state index is 3.87. The second kappa shape index (κ2) is 7.27. The zero-order chi connectivity index (χ0) is 11.8. The summed E-state index contributed by atoms with van der Waals surface area (Å²) >= 11 is 0. The Labute approximate surface area is 100 Å². The van der Waals surface area contributed by atoms with Crippen molar-refractivity contribution < 1.29 is 0 Å². The summed E-state index contributed by atoms with van der Waals surface area (Å²) in [4.78, 5) is 0. The van der Waals surface area contributed by atoms with Crippen LogP contribution in [0.2, 0.25) is 0 Å². The van der Waals surface area contributed by atoms with Crippen LogP contribution in [0.15, 0.2) is 43.0 Å². The van der Waals surface area contributed by atoms with Crippen molar-refractivity contribution in [3.63, 3.8) is 0 Å². The minimum atomic E-state index is 0.664. The van der Waals surface area contributed by atoms with Gasteiger partial charge in [-0.15, -0.1) is 6.58 Å². The second-order valence-electron chi connectivity index (χ2n) is 4.96. The van der Waals surface area contributed by atoms with Gasteiger partial charge in [0.2, 0.25) is 0 Å². The molecule has 0 aliphatic heterocycles. The minimum absolute atomic E-state index is 0.664. The molecule has 1 atom stereocenters. The van der Waals surface area contributed by atoms with Crippen LogP contribution in [0.25, 0.3) is 0 Å². The summed E-state index contributed by atoms with van der Waals surface area (Å²) < 4.78 is 0. The van der Waals surface area contributed by atoms with Gasteiger partial charge in [0.15, 0.2) is 0 Å². The Bertz CT molecular complexity index is 284. The second-order valence-corrected chi connectivity index (χ2v) is 4.96. The highest BCUT2D eigenvalue weighted by Gasteiger charge is 2.09. The van der Waals surface area contributed by atoms with E-state index in [0.29, 0.717) is 5.92 Å². The van der Waals surface area contributed by atoms with E-state index >= 15 is 0 Å². The Hall–Kier alpha value is -1.04. The van der Waals surface area contributed by atoms with Crippen molar-refractivity contribution in [3.8, 4) is 0 Å². The van der Waals surface area contributed by atoms with E-state index in [1.54, 1.807) is 0 Å². The van der Waals surface area contributed by atoms with E-state index in [2.05, 4.69) is 50.8 Å². The quantitative estimate of drug-likeness (QED) is 0.551. The van der Waals surface area contributed by atoms with Crippen LogP contribution in [-0.2, 0) is 0 Å². The Kier molecular flexibility index (Phi) is 5.92. The molecular weight excluding hydrogens is 192 g/mol. The summed E-state index contributed by atoms with van der Waals surface area (Å²) in [6.07, 6.45) is 7.09. The van der Waals surface area contributed by atoms with Crippen LogP contribution in [0.5, 0.6) is 0 Å². The SMILES string of the molecule is C=CCC(CCCC(C)C)c1ccccc1. The average molecular weight is 216 g/mol. The lowest BCUT2D eigenvalue weighted by Crippen LogP contribution is -1.99. The fourth-order valence-corrected chi connectivity index (χ4v) is 2.12. The molecule has 1 aromatic carbocycles. The highest BCUT2D eigenvalue weighted by molar-refractivity contribution is 5.20. The zero-order valence-electron chi connectivity index (χ0n) is 10.7. The Morgan fingerprint density at radius 3 is 2.38 bits per heavy atom. The van der Waals surface area contributed by atoms with Gasteiger partial charge in [-0.3, -0.25) is 0 Å². The molecule has 0 bridgehead atoms. The minimum Gasteiger partial charge on any atom is -0.103 e. The Morgan fingerprint density at radius 2 is 1.81 bits per heavy atom. The van der Waals surface area contributed by atoms with E-state index < -0.39 is 0 Å². The van der Waals surface area contributed by atoms with Gasteiger partial charge >= 0.3 is 0 Å². The van der Waals surface area contributed by atoms with Gasteiger partial charge in [-0.05, 0) is 30.2 Å². The molecule has 0 amide bonds. The van der Waals surface area contributed by atoms with Gasteiger partial charge in [0.05, 0.1) is 0 Å². The van der Waals surface area contributed by atoms with Crippen LogP contribution >= 0.6 is 0 Å². The third-order valence-corrected chi connectivity index (χ3v) is 3.06. The van der Waals surface area contributed by atoms with E-state index in [1.165, 1.54) is 24.8 Å². The van der Waals surface area contributed by atoms with Gasteiger partial charge in [0.1, 0.15) is 0 Å². The first-order valence-electron chi connectivity index (χ1n) is 6.40. The first-order chi connectivity index (χ1) is 7.74. The van der Waals surface area contributed by atoms with Crippen LogP contribution in [-0.4, -0.2) is 0 Å². The zero-order valence-corrected chi connectivity index (χ0v) is 10.7. The summed E-state index contributed by atoms with van der Waals surface area (Å²) in [6.45, 7) is 8.46. The van der Waals surface area contributed by atoms with Crippen molar-refractivity contribution in [1.82, 2.24) is 0 Å². The lowest BCUT2D eigenvalue weighted by molar-refractivity contribution is 0.501. The van der Waals surface area contributed by atoms with Crippen LogP contribution in [0.1, 0.15) is 51.0 Å². The molecule has 0 radical (unpaired) electrons. The van der Waals surface area contributed by atoms with Crippen molar-refractivity contribution in [2.45, 2.75) is 45.4 Å². The molecule has 1 unspecified atom stereocenters. The largest absolute Gasteiger partial charge is 0.103 e. The molecule has 0 saturated heterocycles. The molecule has 0 heteroatoms. The smallest absolute Gasteiger partial charge is 0.0127 e. The lowest BCUT2D eigenvalue weighted by Gasteiger charge is -2.16. The first-order valence-corrected chi connectivity index (χ1v) is 6.40. The first kappa shape index (κ1) is 13.0. The van der Waals surface area contributed by atoms with E-state index in [-0.39, 0.29) is 0 Å². The summed E-state index contributed by atoms with van der Waals surface area (Å²) in [5, 5.41) is 0. The van der Waals surface area contributed by atoms with E-state index in [9.17, 15) is 0 Å². The number of hydrogen-bond acceptors (Lipinski definition) is 0. The number of allylic oxidation sites excluding steroid dienone is 1. The molecule has 88 valence electrons. The summed E-state index contributed by atoms with van der Waals surface area (Å²) in [5.41, 5.74) is 1.46. The molecule has 0 heterocycles. The van der Waals surface area contributed by atoms with Crippen LogP contribution < -0.4 is 0 Å². The molecule has 0 aliphatic rings. The van der Waals surface area contributed by atoms with Crippen molar-refractivity contribution in [2.24, 2.45) is 5.92 Å². The summed E-state index contributed by atoms with van der Waals surface area (Å²) in [5.74, 6) is 1.48. The molecule has 1 rings (SSSR count). The topological polar surface area (TPSA) is 0 Å². The van der Waals surface area contributed by atoms with Gasteiger partial charge in [-0.2, -0.15) is 0 Å². The van der Waals surface area contributed by atoms with Gasteiger partial charge in [-0.1, -0.05) is 63.1 Å². The third-order valence-electron chi connectivity index (χ3n) is 3.06. The van der Waals surface area contributed by atoms with Gasteiger partial charge in [-0.25, -0.2) is 0 Å². The highest BCUT2D eigenvalue weighted by Crippen LogP contribution is 2.26.